The Bertz CT molecular complexity index is 1070. The molecule has 0 saturated carbocycles. The summed E-state index contributed by atoms with van der Waals surface area (Å²) in [6.45, 7) is 1.81. The fourth-order valence-electron chi connectivity index (χ4n) is 3.31. The molecule has 1 aliphatic heterocycles. The fourth-order valence-corrected chi connectivity index (χ4v) is 3.31. The van der Waals surface area contributed by atoms with Gasteiger partial charge in [0, 0.05) is 43.7 Å². The molecule has 0 unspecified atom stereocenters. The number of pyridine rings is 1. The van der Waals surface area contributed by atoms with Crippen LogP contribution >= 0.6 is 0 Å². The summed E-state index contributed by atoms with van der Waals surface area (Å²) in [7, 11) is 3.67. The van der Waals surface area contributed by atoms with Gasteiger partial charge in [0.15, 0.2) is 11.4 Å². The van der Waals surface area contributed by atoms with E-state index in [1.54, 1.807) is 36.4 Å². The van der Waals surface area contributed by atoms with Crippen LogP contribution in [0.2, 0.25) is 0 Å². The molecule has 4 rings (SSSR count). The van der Waals surface area contributed by atoms with Gasteiger partial charge in [-0.25, -0.2) is 9.97 Å². The monoisotopic (exact) mass is 405 g/mol. The Balaban J connectivity index is 1.56. The van der Waals surface area contributed by atoms with Gasteiger partial charge in [-0.1, -0.05) is 0 Å². The number of piperidine rings is 1. The van der Waals surface area contributed by atoms with E-state index in [-0.39, 0.29) is 11.8 Å². The highest BCUT2D eigenvalue weighted by molar-refractivity contribution is 5.74. The fraction of sp³-hybridized carbons (Fsp3) is 0.350. The minimum absolute atomic E-state index is 0.0707. The number of aryl methyl sites for hydroxylation is 1. The van der Waals surface area contributed by atoms with Gasteiger partial charge < -0.3 is 20.7 Å². The van der Waals surface area contributed by atoms with Crippen LogP contribution in [0.3, 0.4) is 0 Å². The first kappa shape index (κ1) is 19.6. The molecule has 0 bridgehead atoms. The normalized spacial score (nSPS) is 14.2. The first-order chi connectivity index (χ1) is 14.7. The van der Waals surface area contributed by atoms with Gasteiger partial charge in [-0.15, -0.1) is 0 Å². The number of rotatable bonds is 6. The molecule has 0 radical (unpaired) electrons. The topological polar surface area (TPSA) is 126 Å². The standard InChI is InChI=1S/C20H23N9O/c1-22-19-16(13-9-26-29(2)12-13)11-25-20(28-19)27-14-7-18(17(8-21)24-10-14)30-15-3-5-23-6-4-15/h7,9-12,15,23H,3-6H2,1-2H3,(H2,22,25,27,28). The van der Waals surface area contributed by atoms with E-state index in [1.165, 1.54) is 0 Å². The van der Waals surface area contributed by atoms with Gasteiger partial charge in [-0.05, 0) is 25.9 Å². The molecule has 3 N–H and O–H groups in total. The average Bonchev–Trinajstić information content (AvgIpc) is 3.20. The molecule has 30 heavy (non-hydrogen) atoms. The van der Waals surface area contributed by atoms with Gasteiger partial charge in [-0.2, -0.15) is 15.3 Å². The Morgan fingerprint density at radius 3 is 2.77 bits per heavy atom. The third kappa shape index (κ3) is 4.31. The molecule has 1 saturated heterocycles. The van der Waals surface area contributed by atoms with Crippen molar-refractivity contribution in [1.29, 1.82) is 5.26 Å². The van der Waals surface area contributed by atoms with Crippen LogP contribution < -0.4 is 20.7 Å². The largest absolute Gasteiger partial charge is 0.487 e. The Hall–Kier alpha value is -3.71. The van der Waals surface area contributed by atoms with Crippen LogP contribution in [0.4, 0.5) is 17.5 Å². The van der Waals surface area contributed by atoms with E-state index in [4.69, 9.17) is 4.74 Å². The molecule has 0 aliphatic carbocycles. The van der Waals surface area contributed by atoms with Gasteiger partial charge in [0.2, 0.25) is 5.95 Å². The summed E-state index contributed by atoms with van der Waals surface area (Å²) in [5.41, 5.74) is 2.69. The lowest BCUT2D eigenvalue weighted by molar-refractivity contribution is 0.161. The quantitative estimate of drug-likeness (QED) is 0.565. The summed E-state index contributed by atoms with van der Waals surface area (Å²) in [6.07, 6.45) is 8.84. The van der Waals surface area contributed by atoms with Crippen molar-refractivity contribution >= 4 is 17.5 Å². The maximum Gasteiger partial charge on any atom is 0.229 e. The van der Waals surface area contributed by atoms with Crippen molar-refractivity contribution < 1.29 is 4.74 Å². The highest BCUT2D eigenvalue weighted by Crippen LogP contribution is 2.28. The second-order valence-corrected chi connectivity index (χ2v) is 6.98. The molecule has 0 aromatic carbocycles. The van der Waals surface area contributed by atoms with Crippen molar-refractivity contribution in [1.82, 2.24) is 30.0 Å². The van der Waals surface area contributed by atoms with E-state index in [9.17, 15) is 5.26 Å². The zero-order valence-corrected chi connectivity index (χ0v) is 16.9. The van der Waals surface area contributed by atoms with Crippen LogP contribution in [0.5, 0.6) is 5.75 Å². The number of aromatic nitrogens is 5. The van der Waals surface area contributed by atoms with Gasteiger partial charge in [-0.3, -0.25) is 4.68 Å². The van der Waals surface area contributed by atoms with Crippen LogP contribution in [0.1, 0.15) is 18.5 Å². The zero-order valence-electron chi connectivity index (χ0n) is 16.9. The molecule has 3 aromatic heterocycles. The lowest BCUT2D eigenvalue weighted by Gasteiger charge is -2.24. The van der Waals surface area contributed by atoms with E-state index in [2.05, 4.69) is 42.1 Å². The van der Waals surface area contributed by atoms with E-state index in [0.29, 0.717) is 23.2 Å². The summed E-state index contributed by atoms with van der Waals surface area (Å²) in [4.78, 5) is 13.2. The number of hydrogen-bond acceptors (Lipinski definition) is 9. The minimum atomic E-state index is 0.0707. The van der Waals surface area contributed by atoms with Crippen molar-refractivity contribution in [3.05, 3.63) is 36.5 Å². The van der Waals surface area contributed by atoms with Crippen LogP contribution in [-0.2, 0) is 7.05 Å². The number of anilines is 3. The second-order valence-electron chi connectivity index (χ2n) is 6.98. The number of nitrogens with one attached hydrogen (secondary N) is 3. The summed E-state index contributed by atoms with van der Waals surface area (Å²) < 4.78 is 7.78. The molecular formula is C20H23N9O. The Kier molecular flexibility index (Phi) is 5.72. The molecule has 4 heterocycles. The third-order valence-electron chi connectivity index (χ3n) is 4.84. The number of nitriles is 1. The molecule has 1 aliphatic rings. The Labute approximate surface area is 174 Å². The lowest BCUT2D eigenvalue weighted by atomic mass is 10.1. The molecule has 3 aromatic rings. The van der Waals surface area contributed by atoms with E-state index in [1.807, 2.05) is 13.2 Å². The number of hydrogen-bond donors (Lipinski definition) is 3. The molecule has 10 nitrogen and oxygen atoms in total. The van der Waals surface area contributed by atoms with Crippen molar-refractivity contribution in [2.75, 3.05) is 30.8 Å². The molecule has 10 heteroatoms. The van der Waals surface area contributed by atoms with Gasteiger partial charge in [0.05, 0.1) is 18.1 Å². The van der Waals surface area contributed by atoms with Crippen LogP contribution in [0, 0.1) is 11.3 Å². The highest BCUT2D eigenvalue weighted by Gasteiger charge is 2.18. The molecular weight excluding hydrogens is 382 g/mol. The molecule has 1 fully saturated rings. The number of ether oxygens (including phenoxy) is 1. The minimum Gasteiger partial charge on any atom is -0.487 e. The third-order valence-corrected chi connectivity index (χ3v) is 4.84. The van der Waals surface area contributed by atoms with Crippen molar-refractivity contribution in [2.45, 2.75) is 18.9 Å². The molecule has 0 atom stereocenters. The summed E-state index contributed by atoms with van der Waals surface area (Å²) in [6, 6.07) is 3.86. The smallest absolute Gasteiger partial charge is 0.229 e. The van der Waals surface area contributed by atoms with Crippen molar-refractivity contribution in [3.63, 3.8) is 0 Å². The van der Waals surface area contributed by atoms with Gasteiger partial charge in [0.1, 0.15) is 18.0 Å². The van der Waals surface area contributed by atoms with Crippen LogP contribution in [0.15, 0.2) is 30.9 Å². The molecule has 154 valence electrons. The summed E-state index contributed by atoms with van der Waals surface area (Å²) >= 11 is 0. The first-order valence-electron chi connectivity index (χ1n) is 9.74. The van der Waals surface area contributed by atoms with E-state index < -0.39 is 0 Å². The van der Waals surface area contributed by atoms with Gasteiger partial charge in [0.25, 0.3) is 0 Å². The molecule has 0 amide bonds. The maximum atomic E-state index is 9.37. The van der Waals surface area contributed by atoms with Crippen LogP contribution in [0.25, 0.3) is 11.1 Å². The van der Waals surface area contributed by atoms with Crippen molar-refractivity contribution in [3.8, 4) is 22.9 Å². The second kappa shape index (κ2) is 8.75. The Morgan fingerprint density at radius 1 is 1.23 bits per heavy atom. The maximum absolute atomic E-state index is 9.37. The highest BCUT2D eigenvalue weighted by atomic mass is 16.5. The average molecular weight is 405 g/mol. The summed E-state index contributed by atoms with van der Waals surface area (Å²) in [5, 5.41) is 23.1. The SMILES string of the molecule is CNc1nc(Nc2cnc(C#N)c(OC3CCNCC3)c2)ncc1-c1cnn(C)c1. The van der Waals surface area contributed by atoms with Gasteiger partial charge >= 0.3 is 0 Å². The summed E-state index contributed by atoms with van der Waals surface area (Å²) in [5.74, 6) is 1.55. The first-order valence-corrected chi connectivity index (χ1v) is 9.74. The van der Waals surface area contributed by atoms with E-state index >= 15 is 0 Å². The van der Waals surface area contributed by atoms with E-state index in [0.717, 1.165) is 37.1 Å². The Morgan fingerprint density at radius 2 is 2.07 bits per heavy atom. The lowest BCUT2D eigenvalue weighted by Crippen LogP contribution is -2.34. The predicted octanol–water partition coefficient (Wildman–Crippen LogP) is 2.06. The van der Waals surface area contributed by atoms with Crippen molar-refractivity contribution in [2.24, 2.45) is 7.05 Å². The number of nitrogens with zero attached hydrogens (tertiary/aromatic N) is 6. The van der Waals surface area contributed by atoms with Crippen LogP contribution in [-0.4, -0.2) is 51.0 Å². The zero-order chi connectivity index (χ0) is 20.9. The predicted molar refractivity (Wildman–Crippen MR) is 113 cm³/mol. The molecule has 0 spiro atoms.